The van der Waals surface area contributed by atoms with Gasteiger partial charge in [0.1, 0.15) is 0 Å². The van der Waals surface area contributed by atoms with Gasteiger partial charge in [-0.25, -0.2) is 8.42 Å². The minimum absolute atomic E-state index is 0.178. The first-order valence-corrected chi connectivity index (χ1v) is 9.54. The zero-order valence-corrected chi connectivity index (χ0v) is 14.7. The molecule has 1 aliphatic rings. The Hall–Kier alpha value is -2.05. The van der Waals surface area contributed by atoms with Crippen LogP contribution in [0.4, 0.5) is 11.4 Å². The van der Waals surface area contributed by atoms with Crippen molar-refractivity contribution in [1.29, 1.82) is 0 Å². The third-order valence-corrected chi connectivity index (χ3v) is 6.16. The van der Waals surface area contributed by atoms with Gasteiger partial charge in [-0.1, -0.05) is 23.7 Å². The number of rotatable bonds is 3. The van der Waals surface area contributed by atoms with Gasteiger partial charge < -0.3 is 5.32 Å². The maximum absolute atomic E-state index is 12.3. The van der Waals surface area contributed by atoms with E-state index in [2.05, 4.69) is 5.32 Å². The van der Waals surface area contributed by atoms with Gasteiger partial charge in [0.15, 0.2) is 0 Å². The summed E-state index contributed by atoms with van der Waals surface area (Å²) < 4.78 is 25.4. The first-order valence-electron chi connectivity index (χ1n) is 7.55. The van der Waals surface area contributed by atoms with Gasteiger partial charge in [-0.15, -0.1) is 0 Å². The number of hydrogen-bond acceptors (Lipinski definition) is 3. The number of nitrogens with one attached hydrogen (secondary N) is 1. The fourth-order valence-corrected chi connectivity index (χ4v) is 4.49. The van der Waals surface area contributed by atoms with Crippen LogP contribution in [0.3, 0.4) is 0 Å². The molecule has 2 aromatic carbocycles. The van der Waals surface area contributed by atoms with E-state index in [1.807, 2.05) is 6.92 Å². The molecule has 0 aliphatic carbocycles. The van der Waals surface area contributed by atoms with Crippen LogP contribution in [0.2, 0.25) is 5.02 Å². The standard InChI is InChI=1S/C17H17ClN2O3S/c1-12-11-13(20-9-4-10-24(20,22)23)7-8-16(12)19-17(21)14-5-2-3-6-15(14)18/h2-3,5-8,11H,4,9-10H2,1H3,(H,19,21). The van der Waals surface area contributed by atoms with E-state index in [4.69, 9.17) is 11.6 Å². The van der Waals surface area contributed by atoms with Crippen LogP contribution in [0.5, 0.6) is 0 Å². The van der Waals surface area contributed by atoms with Crippen molar-refractivity contribution in [2.75, 3.05) is 21.9 Å². The highest BCUT2D eigenvalue weighted by molar-refractivity contribution is 7.93. The number of amides is 1. The molecule has 5 nitrogen and oxygen atoms in total. The summed E-state index contributed by atoms with van der Waals surface area (Å²) in [5, 5.41) is 3.20. The molecule has 24 heavy (non-hydrogen) atoms. The Morgan fingerprint density at radius 1 is 1.21 bits per heavy atom. The molecule has 1 aliphatic heterocycles. The highest BCUT2D eigenvalue weighted by atomic mass is 35.5. The van der Waals surface area contributed by atoms with Crippen LogP contribution >= 0.6 is 11.6 Å². The Bertz CT molecular complexity index is 896. The van der Waals surface area contributed by atoms with Crippen LogP contribution in [0.15, 0.2) is 42.5 Å². The van der Waals surface area contributed by atoms with Crippen molar-refractivity contribution in [3.05, 3.63) is 58.6 Å². The van der Waals surface area contributed by atoms with Crippen LogP contribution in [0, 0.1) is 6.92 Å². The number of carbonyl (C=O) groups excluding carboxylic acids is 1. The van der Waals surface area contributed by atoms with Gasteiger partial charge in [0, 0.05) is 12.2 Å². The van der Waals surface area contributed by atoms with Gasteiger partial charge >= 0.3 is 0 Å². The fraction of sp³-hybridized carbons (Fsp3) is 0.235. The summed E-state index contributed by atoms with van der Waals surface area (Å²) in [5.41, 5.74) is 2.43. The number of anilines is 2. The maximum Gasteiger partial charge on any atom is 0.257 e. The molecule has 126 valence electrons. The van der Waals surface area contributed by atoms with E-state index in [9.17, 15) is 13.2 Å². The smallest absolute Gasteiger partial charge is 0.257 e. The number of benzene rings is 2. The molecule has 0 spiro atoms. The van der Waals surface area contributed by atoms with Crippen molar-refractivity contribution in [2.24, 2.45) is 0 Å². The van der Waals surface area contributed by atoms with E-state index >= 15 is 0 Å². The molecule has 0 saturated carbocycles. The number of aryl methyl sites for hydroxylation is 1. The summed E-state index contributed by atoms with van der Waals surface area (Å²) in [6.07, 6.45) is 0.631. The molecular weight excluding hydrogens is 348 g/mol. The number of halogens is 1. The van der Waals surface area contributed by atoms with E-state index in [1.54, 1.807) is 42.5 Å². The van der Waals surface area contributed by atoms with Gasteiger partial charge in [-0.05, 0) is 49.2 Å². The Kier molecular flexibility index (Phi) is 4.51. The van der Waals surface area contributed by atoms with Crippen molar-refractivity contribution in [3.8, 4) is 0 Å². The largest absolute Gasteiger partial charge is 0.322 e. The highest BCUT2D eigenvalue weighted by Crippen LogP contribution is 2.28. The second-order valence-corrected chi connectivity index (χ2v) is 8.09. The molecule has 1 heterocycles. The summed E-state index contributed by atoms with van der Waals surface area (Å²) in [5.74, 6) is -0.123. The average molecular weight is 365 g/mol. The molecule has 3 rings (SSSR count). The molecule has 1 saturated heterocycles. The summed E-state index contributed by atoms with van der Waals surface area (Å²) >= 11 is 6.03. The summed E-state index contributed by atoms with van der Waals surface area (Å²) in [4.78, 5) is 12.3. The number of nitrogens with zero attached hydrogens (tertiary/aromatic N) is 1. The molecule has 0 unspecified atom stereocenters. The zero-order valence-electron chi connectivity index (χ0n) is 13.1. The lowest BCUT2D eigenvalue weighted by Crippen LogP contribution is -2.25. The monoisotopic (exact) mass is 364 g/mol. The van der Waals surface area contributed by atoms with E-state index in [0.717, 1.165) is 5.56 Å². The molecule has 0 bridgehead atoms. The van der Waals surface area contributed by atoms with Crippen molar-refractivity contribution >= 4 is 38.9 Å². The molecule has 0 atom stereocenters. The summed E-state index contributed by atoms with van der Waals surface area (Å²) in [6.45, 7) is 2.32. The third kappa shape index (κ3) is 3.25. The Balaban J connectivity index is 1.83. The Morgan fingerprint density at radius 2 is 1.96 bits per heavy atom. The lowest BCUT2D eigenvalue weighted by atomic mass is 10.1. The lowest BCUT2D eigenvalue weighted by molar-refractivity contribution is 0.102. The second kappa shape index (κ2) is 6.45. The molecule has 7 heteroatoms. The molecular formula is C17H17ClN2O3S. The zero-order chi connectivity index (χ0) is 17.3. The summed E-state index contributed by atoms with van der Waals surface area (Å²) in [7, 11) is -3.21. The average Bonchev–Trinajstić information content (AvgIpc) is 2.89. The summed E-state index contributed by atoms with van der Waals surface area (Å²) in [6, 6.07) is 12.0. The fourth-order valence-electron chi connectivity index (χ4n) is 2.71. The van der Waals surface area contributed by atoms with Crippen LogP contribution in [0.1, 0.15) is 22.3 Å². The normalized spacial score (nSPS) is 16.2. The minimum Gasteiger partial charge on any atom is -0.322 e. The highest BCUT2D eigenvalue weighted by Gasteiger charge is 2.28. The van der Waals surface area contributed by atoms with Gasteiger partial charge in [0.05, 0.1) is 22.0 Å². The van der Waals surface area contributed by atoms with E-state index in [1.165, 1.54) is 4.31 Å². The van der Waals surface area contributed by atoms with Gasteiger partial charge in [-0.3, -0.25) is 9.10 Å². The van der Waals surface area contributed by atoms with E-state index in [-0.39, 0.29) is 11.7 Å². The number of carbonyl (C=O) groups is 1. The predicted octanol–water partition coefficient (Wildman–Crippen LogP) is 3.44. The number of sulfonamides is 1. The van der Waals surface area contributed by atoms with Gasteiger partial charge in [0.2, 0.25) is 10.0 Å². The number of hydrogen-bond donors (Lipinski definition) is 1. The molecule has 2 aromatic rings. The minimum atomic E-state index is -3.21. The second-order valence-electron chi connectivity index (χ2n) is 5.67. The quantitative estimate of drug-likeness (QED) is 0.907. The molecule has 0 radical (unpaired) electrons. The molecule has 1 amide bonds. The first kappa shape index (κ1) is 16.8. The van der Waals surface area contributed by atoms with Gasteiger partial charge in [0.25, 0.3) is 5.91 Å². The third-order valence-electron chi connectivity index (χ3n) is 3.96. The van der Waals surface area contributed by atoms with Crippen LogP contribution < -0.4 is 9.62 Å². The van der Waals surface area contributed by atoms with Crippen molar-refractivity contribution in [1.82, 2.24) is 0 Å². The molecule has 0 aromatic heterocycles. The maximum atomic E-state index is 12.3. The SMILES string of the molecule is Cc1cc(N2CCCS2(=O)=O)ccc1NC(=O)c1ccccc1Cl. The van der Waals surface area contributed by atoms with Gasteiger partial charge in [-0.2, -0.15) is 0 Å². The van der Waals surface area contributed by atoms with Crippen LogP contribution in [-0.4, -0.2) is 26.6 Å². The van der Waals surface area contributed by atoms with Crippen LogP contribution in [0.25, 0.3) is 0 Å². The van der Waals surface area contributed by atoms with Crippen LogP contribution in [-0.2, 0) is 10.0 Å². The topological polar surface area (TPSA) is 66.5 Å². The first-order chi connectivity index (χ1) is 11.4. The Labute approximate surface area is 146 Å². The van der Waals surface area contributed by atoms with Crippen molar-refractivity contribution < 1.29 is 13.2 Å². The van der Waals surface area contributed by atoms with E-state index < -0.39 is 10.0 Å². The van der Waals surface area contributed by atoms with Crippen molar-refractivity contribution in [2.45, 2.75) is 13.3 Å². The predicted molar refractivity (Wildman–Crippen MR) is 96.3 cm³/mol. The molecule has 1 N–H and O–H groups in total. The molecule has 1 fully saturated rings. The van der Waals surface area contributed by atoms with Crippen molar-refractivity contribution in [3.63, 3.8) is 0 Å². The van der Waals surface area contributed by atoms with E-state index in [0.29, 0.717) is 34.9 Å². The lowest BCUT2D eigenvalue weighted by Gasteiger charge is -2.18. The Morgan fingerprint density at radius 3 is 2.58 bits per heavy atom.